The second kappa shape index (κ2) is 6.46. The molecule has 9 nitrogen and oxygen atoms in total. The summed E-state index contributed by atoms with van der Waals surface area (Å²) in [5, 5.41) is 49.9. The van der Waals surface area contributed by atoms with Crippen LogP contribution in [0.2, 0.25) is 0 Å². The summed E-state index contributed by atoms with van der Waals surface area (Å²) in [5.74, 6) is -1.50. The number of nitrogens with one attached hydrogen (secondary N) is 1. The summed E-state index contributed by atoms with van der Waals surface area (Å²) in [7, 11) is 0. The third-order valence-electron chi connectivity index (χ3n) is 3.45. The van der Waals surface area contributed by atoms with Gasteiger partial charge in [-0.25, -0.2) is 4.79 Å². The molecule has 1 aromatic carbocycles. The maximum atomic E-state index is 11.0. The van der Waals surface area contributed by atoms with Gasteiger partial charge < -0.3 is 41.3 Å². The number of aliphatic hydroxyl groups is 3. The SMILES string of the molecule is N[C@H]1C(Nc2cc(O)cc(C(=O)O)c2)O[C@H](CO)[C@@H](O)[C@@H]1O. The molecule has 0 amide bonds. The number of carboxylic acids is 1. The van der Waals surface area contributed by atoms with Crippen LogP contribution in [-0.2, 0) is 4.74 Å². The van der Waals surface area contributed by atoms with Crippen molar-refractivity contribution in [3.05, 3.63) is 23.8 Å². The predicted octanol–water partition coefficient (Wildman–Crippen LogP) is -1.73. The molecule has 0 aromatic heterocycles. The van der Waals surface area contributed by atoms with Crippen LogP contribution in [0.15, 0.2) is 18.2 Å². The molecule has 0 spiro atoms. The Morgan fingerprint density at radius 1 is 1.27 bits per heavy atom. The summed E-state index contributed by atoms with van der Waals surface area (Å²) in [6.45, 7) is -0.524. The number of phenolic OH excluding ortho intramolecular Hbond substituents is 1. The number of carboxylic acid groups (broad SMARTS) is 1. The van der Waals surface area contributed by atoms with E-state index in [-0.39, 0.29) is 17.0 Å². The quantitative estimate of drug-likeness (QED) is 0.342. The van der Waals surface area contributed by atoms with E-state index in [1.54, 1.807) is 0 Å². The number of nitrogens with two attached hydrogens (primary N) is 1. The summed E-state index contributed by atoms with van der Waals surface area (Å²) < 4.78 is 5.35. The Labute approximate surface area is 125 Å². The van der Waals surface area contributed by atoms with Crippen molar-refractivity contribution in [3.63, 3.8) is 0 Å². The third-order valence-corrected chi connectivity index (χ3v) is 3.45. The molecule has 1 aromatic rings. The minimum absolute atomic E-state index is 0.147. The highest BCUT2D eigenvalue weighted by molar-refractivity contribution is 5.89. The molecule has 2 rings (SSSR count). The van der Waals surface area contributed by atoms with Crippen LogP contribution >= 0.6 is 0 Å². The summed E-state index contributed by atoms with van der Waals surface area (Å²) in [6.07, 6.45) is -4.70. The van der Waals surface area contributed by atoms with Gasteiger partial charge >= 0.3 is 5.97 Å². The number of rotatable bonds is 4. The minimum Gasteiger partial charge on any atom is -0.508 e. The number of aromatic hydroxyl groups is 1. The lowest BCUT2D eigenvalue weighted by Crippen LogP contribution is -2.63. The second-order valence-electron chi connectivity index (χ2n) is 5.05. The first-order valence-electron chi connectivity index (χ1n) is 6.55. The van der Waals surface area contributed by atoms with Crippen LogP contribution in [0.3, 0.4) is 0 Å². The van der Waals surface area contributed by atoms with E-state index in [2.05, 4.69) is 5.32 Å². The molecule has 8 N–H and O–H groups in total. The van der Waals surface area contributed by atoms with Crippen LogP contribution in [0, 0.1) is 0 Å². The lowest BCUT2D eigenvalue weighted by Gasteiger charge is -2.41. The Morgan fingerprint density at radius 3 is 2.55 bits per heavy atom. The third kappa shape index (κ3) is 3.29. The standard InChI is InChI=1S/C13H18N2O7/c14-9-11(19)10(18)8(4-16)22-12(9)15-6-1-5(13(20)21)2-7(17)3-6/h1-3,8-12,15-19H,4,14H2,(H,20,21)/t8-,9-,10-,11-,12?/m1/s1. The normalized spacial score (nSPS) is 31.7. The summed E-state index contributed by atoms with van der Waals surface area (Å²) in [4.78, 5) is 11.0. The second-order valence-corrected chi connectivity index (χ2v) is 5.05. The molecule has 1 aliphatic rings. The fourth-order valence-corrected chi connectivity index (χ4v) is 2.25. The highest BCUT2D eigenvalue weighted by Crippen LogP contribution is 2.25. The Kier molecular flexibility index (Phi) is 4.84. The van der Waals surface area contributed by atoms with E-state index in [1.165, 1.54) is 12.1 Å². The summed E-state index contributed by atoms with van der Waals surface area (Å²) >= 11 is 0. The molecular weight excluding hydrogens is 296 g/mol. The van der Waals surface area contributed by atoms with E-state index >= 15 is 0 Å². The van der Waals surface area contributed by atoms with Crippen molar-refractivity contribution < 1.29 is 35.1 Å². The maximum absolute atomic E-state index is 11.0. The Hall–Kier alpha value is -1.91. The van der Waals surface area contributed by atoms with Crippen LogP contribution in [-0.4, -0.2) is 68.7 Å². The van der Waals surface area contributed by atoms with E-state index in [0.717, 1.165) is 6.07 Å². The fourth-order valence-electron chi connectivity index (χ4n) is 2.25. The van der Waals surface area contributed by atoms with Crippen molar-refractivity contribution in [2.24, 2.45) is 5.73 Å². The minimum atomic E-state index is -1.34. The zero-order valence-electron chi connectivity index (χ0n) is 11.5. The van der Waals surface area contributed by atoms with Gasteiger partial charge in [-0.2, -0.15) is 0 Å². The number of phenols is 1. The number of benzene rings is 1. The number of ether oxygens (including phenoxy) is 1. The van der Waals surface area contributed by atoms with Crippen LogP contribution in [0.4, 0.5) is 5.69 Å². The smallest absolute Gasteiger partial charge is 0.335 e. The van der Waals surface area contributed by atoms with Gasteiger partial charge in [0.05, 0.1) is 18.2 Å². The number of hydrogen-bond acceptors (Lipinski definition) is 8. The van der Waals surface area contributed by atoms with Crippen LogP contribution < -0.4 is 11.1 Å². The molecule has 0 saturated carbocycles. The lowest BCUT2D eigenvalue weighted by atomic mass is 9.96. The molecule has 1 unspecified atom stereocenters. The van der Waals surface area contributed by atoms with Gasteiger partial charge in [0.25, 0.3) is 0 Å². The van der Waals surface area contributed by atoms with Gasteiger partial charge in [0, 0.05) is 11.8 Å². The Bertz CT molecular complexity index is 551. The molecule has 1 aliphatic heterocycles. The van der Waals surface area contributed by atoms with Gasteiger partial charge in [-0.1, -0.05) is 0 Å². The summed E-state index contributed by atoms with van der Waals surface area (Å²) in [6, 6.07) is 2.57. The Morgan fingerprint density at radius 2 is 1.95 bits per heavy atom. The molecule has 9 heteroatoms. The maximum Gasteiger partial charge on any atom is 0.335 e. The van der Waals surface area contributed by atoms with Crippen molar-refractivity contribution in [1.29, 1.82) is 0 Å². The van der Waals surface area contributed by atoms with Crippen molar-refractivity contribution in [2.45, 2.75) is 30.6 Å². The predicted molar refractivity (Wildman–Crippen MR) is 74.4 cm³/mol. The lowest BCUT2D eigenvalue weighted by molar-refractivity contribution is -0.181. The highest BCUT2D eigenvalue weighted by atomic mass is 16.5. The van der Waals surface area contributed by atoms with E-state index < -0.39 is 43.2 Å². The monoisotopic (exact) mass is 314 g/mol. The van der Waals surface area contributed by atoms with Crippen LogP contribution in [0.25, 0.3) is 0 Å². The van der Waals surface area contributed by atoms with Gasteiger partial charge in [0.2, 0.25) is 0 Å². The van der Waals surface area contributed by atoms with E-state index in [1.807, 2.05) is 0 Å². The number of anilines is 1. The van der Waals surface area contributed by atoms with Gasteiger partial charge in [-0.3, -0.25) is 0 Å². The first-order valence-corrected chi connectivity index (χ1v) is 6.55. The Balaban J connectivity index is 2.20. The number of aliphatic hydroxyl groups excluding tert-OH is 3. The first-order chi connectivity index (χ1) is 10.3. The number of hydrogen-bond donors (Lipinski definition) is 7. The molecule has 0 radical (unpaired) electrons. The molecule has 1 heterocycles. The molecule has 1 fully saturated rings. The van der Waals surface area contributed by atoms with E-state index in [9.17, 15) is 20.1 Å². The largest absolute Gasteiger partial charge is 0.508 e. The van der Waals surface area contributed by atoms with Gasteiger partial charge in [-0.15, -0.1) is 0 Å². The number of carbonyl (C=O) groups is 1. The highest BCUT2D eigenvalue weighted by Gasteiger charge is 2.42. The average Bonchev–Trinajstić information content (AvgIpc) is 2.47. The average molecular weight is 314 g/mol. The van der Waals surface area contributed by atoms with Crippen molar-refractivity contribution in [3.8, 4) is 5.75 Å². The van der Waals surface area contributed by atoms with Gasteiger partial charge in [0.15, 0.2) is 0 Å². The van der Waals surface area contributed by atoms with Gasteiger partial charge in [0.1, 0.15) is 30.3 Å². The van der Waals surface area contributed by atoms with E-state index in [0.29, 0.717) is 0 Å². The van der Waals surface area contributed by atoms with Gasteiger partial charge in [-0.05, 0) is 12.1 Å². The molecule has 5 atom stereocenters. The van der Waals surface area contributed by atoms with Crippen molar-refractivity contribution in [1.82, 2.24) is 0 Å². The molecule has 0 bridgehead atoms. The first kappa shape index (κ1) is 16.5. The molecular formula is C13H18N2O7. The molecule has 0 aliphatic carbocycles. The van der Waals surface area contributed by atoms with Crippen LogP contribution in [0.5, 0.6) is 5.75 Å². The molecule has 22 heavy (non-hydrogen) atoms. The summed E-state index contributed by atoms with van der Waals surface area (Å²) in [5.41, 5.74) is 5.82. The zero-order chi connectivity index (χ0) is 16.4. The van der Waals surface area contributed by atoms with E-state index in [4.69, 9.17) is 20.7 Å². The fraction of sp³-hybridized carbons (Fsp3) is 0.462. The van der Waals surface area contributed by atoms with Crippen LogP contribution in [0.1, 0.15) is 10.4 Å². The number of aromatic carboxylic acids is 1. The topological polar surface area (TPSA) is 166 Å². The zero-order valence-corrected chi connectivity index (χ0v) is 11.5. The molecule has 122 valence electrons. The molecule has 1 saturated heterocycles. The van der Waals surface area contributed by atoms with Crippen molar-refractivity contribution >= 4 is 11.7 Å². The van der Waals surface area contributed by atoms with Crippen molar-refractivity contribution in [2.75, 3.05) is 11.9 Å².